The van der Waals surface area contributed by atoms with Crippen LogP contribution in [-0.2, 0) is 18.6 Å². The summed E-state index contributed by atoms with van der Waals surface area (Å²) in [6.45, 7) is 5.00. The predicted molar refractivity (Wildman–Crippen MR) is 27.5 cm³/mol. The Labute approximate surface area is 60.3 Å². The normalized spacial score (nSPS) is 10.1. The zero-order valence-electron chi connectivity index (χ0n) is 4.57. The van der Waals surface area contributed by atoms with Crippen molar-refractivity contribution in [2.45, 2.75) is 13.0 Å². The molecule has 0 aliphatic heterocycles. The molecule has 0 N–H and O–H groups in total. The molecule has 0 heterocycles. The van der Waals surface area contributed by atoms with Crippen LogP contribution < -0.4 is 0 Å². The minimum atomic E-state index is -0.204. The first-order chi connectivity index (χ1) is 3.31. The van der Waals surface area contributed by atoms with Crippen molar-refractivity contribution < 1.29 is 18.6 Å². The molecule has 0 aliphatic rings. The van der Waals surface area contributed by atoms with Crippen LogP contribution >= 0.6 is 0 Å². The smallest absolute Gasteiger partial charge is 0.496 e. The standard InChI is InChI=1S/C4H6N3.V/c1-3-4(2)6-7-5;/h4H,1H2,2H3;/q-1;+2. The van der Waals surface area contributed by atoms with Crippen molar-refractivity contribution in [2.75, 3.05) is 0 Å². The first-order valence-corrected chi connectivity index (χ1v) is 1.88. The molecule has 0 amide bonds. The van der Waals surface area contributed by atoms with Gasteiger partial charge in [-0.05, 0) is 10.4 Å². The molecule has 0 fully saturated rings. The molecule has 1 atom stereocenters. The van der Waals surface area contributed by atoms with Gasteiger partial charge in [0.1, 0.15) is 0 Å². The summed E-state index contributed by atoms with van der Waals surface area (Å²) in [5.41, 5.74) is 7.76. The van der Waals surface area contributed by atoms with E-state index in [0.29, 0.717) is 0 Å². The van der Waals surface area contributed by atoms with Gasteiger partial charge in [-0.25, -0.2) is 0 Å². The molecule has 1 unspecified atom stereocenters. The molecule has 4 heteroatoms. The van der Waals surface area contributed by atoms with Crippen LogP contribution in [0.25, 0.3) is 10.4 Å². The van der Waals surface area contributed by atoms with Crippen LogP contribution in [0.2, 0.25) is 0 Å². The van der Waals surface area contributed by atoms with E-state index in [-0.39, 0.29) is 24.6 Å². The molecule has 0 saturated heterocycles. The van der Waals surface area contributed by atoms with Crippen LogP contribution in [0.5, 0.6) is 0 Å². The summed E-state index contributed by atoms with van der Waals surface area (Å²) < 4.78 is 0. The number of nitrogens with zero attached hydrogens (tertiary/aromatic N) is 3. The average molecular weight is 147 g/mol. The zero-order chi connectivity index (χ0) is 5.70. The van der Waals surface area contributed by atoms with E-state index < -0.39 is 0 Å². The van der Waals surface area contributed by atoms with Crippen LogP contribution in [-0.4, -0.2) is 6.04 Å². The zero-order valence-corrected chi connectivity index (χ0v) is 5.97. The SMILES string of the molecule is C=[C-]C(C)N=[N+]=[N-].[V+2]. The van der Waals surface area contributed by atoms with E-state index in [0.717, 1.165) is 0 Å². The fraction of sp³-hybridized carbons (Fsp3) is 0.500. The second kappa shape index (κ2) is 6.63. The van der Waals surface area contributed by atoms with Gasteiger partial charge in [-0.15, -0.1) is 5.11 Å². The fourth-order valence-electron chi connectivity index (χ4n) is 0.118. The molecule has 0 spiro atoms. The maximum atomic E-state index is 7.76. The van der Waals surface area contributed by atoms with Gasteiger partial charge in [0.25, 0.3) is 0 Å². The van der Waals surface area contributed by atoms with Crippen LogP contribution in [0.1, 0.15) is 6.92 Å². The van der Waals surface area contributed by atoms with E-state index in [9.17, 15) is 0 Å². The van der Waals surface area contributed by atoms with E-state index in [1.807, 2.05) is 0 Å². The van der Waals surface area contributed by atoms with Gasteiger partial charge in [-0.2, -0.15) is 0 Å². The number of rotatable bonds is 2. The molecule has 0 saturated carbocycles. The summed E-state index contributed by atoms with van der Waals surface area (Å²) in [5.74, 6) is 0. The summed E-state index contributed by atoms with van der Waals surface area (Å²) in [4.78, 5) is 2.53. The Balaban J connectivity index is 0. The quantitative estimate of drug-likeness (QED) is 0.247. The predicted octanol–water partition coefficient (Wildman–Crippen LogP) is 1.67. The molecule has 0 rings (SSSR count). The van der Waals surface area contributed by atoms with Crippen molar-refractivity contribution in [3.05, 3.63) is 23.1 Å². The Morgan fingerprint density at radius 3 is 2.50 bits per heavy atom. The number of hydrogen-bond acceptors (Lipinski definition) is 1. The molecule has 3 nitrogen and oxygen atoms in total. The Morgan fingerprint density at radius 2 is 2.38 bits per heavy atom. The van der Waals surface area contributed by atoms with Gasteiger partial charge in [-0.3, -0.25) is 6.58 Å². The van der Waals surface area contributed by atoms with E-state index in [1.165, 1.54) is 0 Å². The second-order valence-electron chi connectivity index (χ2n) is 1.09. The minimum absolute atomic E-state index is 0. The van der Waals surface area contributed by atoms with E-state index in [4.69, 9.17) is 5.53 Å². The molecular formula is C4H6N3V+. The first kappa shape index (κ1) is 10.6. The molecule has 0 aromatic heterocycles. The summed E-state index contributed by atoms with van der Waals surface area (Å²) in [7, 11) is 0. The molecule has 8 heavy (non-hydrogen) atoms. The minimum Gasteiger partial charge on any atom is -0.496 e. The fourth-order valence-corrected chi connectivity index (χ4v) is 0.118. The summed E-state index contributed by atoms with van der Waals surface area (Å²) in [5, 5.41) is 3.25. The molecule has 41 valence electrons. The Bertz CT molecular complexity index is 106. The van der Waals surface area contributed by atoms with Crippen molar-refractivity contribution in [1.82, 2.24) is 0 Å². The van der Waals surface area contributed by atoms with Crippen molar-refractivity contribution in [3.8, 4) is 0 Å². The molecule has 0 aromatic carbocycles. The third kappa shape index (κ3) is 5.63. The van der Waals surface area contributed by atoms with Crippen molar-refractivity contribution in [2.24, 2.45) is 5.11 Å². The van der Waals surface area contributed by atoms with Crippen molar-refractivity contribution >= 4 is 0 Å². The van der Waals surface area contributed by atoms with Crippen molar-refractivity contribution in [3.63, 3.8) is 0 Å². The van der Waals surface area contributed by atoms with Crippen LogP contribution in [0.15, 0.2) is 11.7 Å². The number of hydrogen-bond donors (Lipinski definition) is 0. The third-order valence-corrected chi connectivity index (χ3v) is 0.520. The van der Waals surface area contributed by atoms with E-state index in [1.54, 1.807) is 6.92 Å². The van der Waals surface area contributed by atoms with Crippen molar-refractivity contribution in [1.29, 1.82) is 0 Å². The molecule has 1 radical (unpaired) electrons. The third-order valence-electron chi connectivity index (χ3n) is 0.520. The molecular weight excluding hydrogens is 141 g/mol. The molecule has 0 aliphatic carbocycles. The summed E-state index contributed by atoms with van der Waals surface area (Å²) >= 11 is 0. The average Bonchev–Trinajstić information content (AvgIpc) is 1.68. The van der Waals surface area contributed by atoms with Crippen LogP contribution in [0, 0.1) is 6.08 Å². The van der Waals surface area contributed by atoms with Gasteiger partial charge >= 0.3 is 18.6 Å². The number of azide groups is 1. The summed E-state index contributed by atoms with van der Waals surface area (Å²) in [6.07, 6.45) is 2.50. The monoisotopic (exact) mass is 147 g/mol. The largest absolute Gasteiger partial charge is 2.00 e. The van der Waals surface area contributed by atoms with Crippen LogP contribution in [0.3, 0.4) is 0 Å². The van der Waals surface area contributed by atoms with Gasteiger partial charge in [0.2, 0.25) is 0 Å². The first-order valence-electron chi connectivity index (χ1n) is 1.88. The Hall–Kier alpha value is -0.366. The molecule has 0 bridgehead atoms. The molecule has 0 aromatic rings. The topological polar surface area (TPSA) is 48.8 Å². The maximum Gasteiger partial charge on any atom is 2.00 e. The maximum absolute atomic E-state index is 7.76. The van der Waals surface area contributed by atoms with E-state index in [2.05, 4.69) is 22.7 Å². The van der Waals surface area contributed by atoms with Gasteiger partial charge < -0.3 is 6.08 Å². The summed E-state index contributed by atoms with van der Waals surface area (Å²) in [6, 6.07) is -0.204. The van der Waals surface area contributed by atoms with Gasteiger partial charge in [0, 0.05) is 0 Å². The van der Waals surface area contributed by atoms with E-state index >= 15 is 0 Å². The Morgan fingerprint density at radius 1 is 1.88 bits per heavy atom. The van der Waals surface area contributed by atoms with Gasteiger partial charge in [0.05, 0.1) is 0 Å². The van der Waals surface area contributed by atoms with Gasteiger partial charge in [-0.1, -0.05) is 13.0 Å². The van der Waals surface area contributed by atoms with Gasteiger partial charge in [0.15, 0.2) is 0 Å². The van der Waals surface area contributed by atoms with Crippen LogP contribution in [0.4, 0.5) is 0 Å². The Kier molecular flexibility index (Phi) is 8.78. The second-order valence-corrected chi connectivity index (χ2v) is 1.09.